The van der Waals surface area contributed by atoms with Crippen molar-refractivity contribution in [3.8, 4) is 0 Å². The number of anilines is 1. The summed E-state index contributed by atoms with van der Waals surface area (Å²) in [5.74, 6) is -1.39. The van der Waals surface area contributed by atoms with Gasteiger partial charge in [0.1, 0.15) is 0 Å². The number of rotatable bonds is 3. The molecule has 0 unspecified atom stereocenters. The van der Waals surface area contributed by atoms with Crippen LogP contribution >= 0.6 is 27.5 Å². The highest BCUT2D eigenvalue weighted by Crippen LogP contribution is 2.25. The molecule has 0 aliphatic rings. The molecule has 0 spiro atoms. The van der Waals surface area contributed by atoms with E-state index in [1.807, 2.05) is 0 Å². The topological polar surface area (TPSA) is 66.4 Å². The van der Waals surface area contributed by atoms with Gasteiger partial charge in [-0.25, -0.2) is 4.79 Å². The highest BCUT2D eigenvalue weighted by molar-refractivity contribution is 9.10. The van der Waals surface area contributed by atoms with Crippen LogP contribution in [0.1, 0.15) is 20.7 Å². The molecule has 2 aromatic rings. The highest BCUT2D eigenvalue weighted by Gasteiger charge is 2.12. The Hall–Kier alpha value is -1.85. The van der Waals surface area contributed by atoms with Crippen LogP contribution in [-0.4, -0.2) is 17.0 Å². The van der Waals surface area contributed by atoms with Crippen LogP contribution in [0.25, 0.3) is 0 Å². The lowest BCUT2D eigenvalue weighted by Gasteiger charge is -2.09. The van der Waals surface area contributed by atoms with E-state index in [4.69, 9.17) is 16.7 Å². The Morgan fingerprint density at radius 2 is 1.85 bits per heavy atom. The Morgan fingerprint density at radius 1 is 1.15 bits per heavy atom. The molecule has 0 bridgehead atoms. The van der Waals surface area contributed by atoms with Crippen molar-refractivity contribution < 1.29 is 14.7 Å². The first-order chi connectivity index (χ1) is 9.49. The maximum Gasteiger partial charge on any atom is 0.335 e. The lowest BCUT2D eigenvalue weighted by molar-refractivity contribution is 0.0696. The smallest absolute Gasteiger partial charge is 0.335 e. The van der Waals surface area contributed by atoms with E-state index in [-0.39, 0.29) is 11.5 Å². The van der Waals surface area contributed by atoms with Gasteiger partial charge in [0.15, 0.2) is 0 Å². The SMILES string of the molecule is O=C(O)c1ccc(NC(=O)c2ccccc2Cl)c(Br)c1. The van der Waals surface area contributed by atoms with Crippen LogP contribution in [0.5, 0.6) is 0 Å². The summed E-state index contributed by atoms with van der Waals surface area (Å²) in [4.78, 5) is 22.9. The number of amides is 1. The van der Waals surface area contributed by atoms with E-state index in [1.54, 1.807) is 24.3 Å². The standard InChI is InChI=1S/C14H9BrClNO3/c15-10-7-8(14(19)20)5-6-12(10)17-13(18)9-3-1-2-4-11(9)16/h1-7H,(H,17,18)(H,19,20). The molecule has 0 radical (unpaired) electrons. The lowest BCUT2D eigenvalue weighted by Crippen LogP contribution is -2.13. The summed E-state index contributed by atoms with van der Waals surface area (Å²) in [5.41, 5.74) is 0.955. The number of carbonyl (C=O) groups excluding carboxylic acids is 1. The molecular weight excluding hydrogens is 346 g/mol. The first-order valence-electron chi connectivity index (χ1n) is 5.58. The quantitative estimate of drug-likeness (QED) is 0.874. The molecule has 0 aliphatic heterocycles. The van der Waals surface area contributed by atoms with Gasteiger partial charge in [-0.1, -0.05) is 23.7 Å². The van der Waals surface area contributed by atoms with E-state index in [0.29, 0.717) is 20.7 Å². The molecule has 102 valence electrons. The molecule has 2 aromatic carbocycles. The fourth-order valence-corrected chi connectivity index (χ4v) is 2.28. The normalized spacial score (nSPS) is 10.1. The van der Waals surface area contributed by atoms with E-state index >= 15 is 0 Å². The molecule has 0 heterocycles. The number of hydrogen-bond donors (Lipinski definition) is 2. The van der Waals surface area contributed by atoms with Crippen molar-refractivity contribution in [1.29, 1.82) is 0 Å². The largest absolute Gasteiger partial charge is 0.478 e. The molecule has 0 atom stereocenters. The van der Waals surface area contributed by atoms with Gasteiger partial charge in [-0.2, -0.15) is 0 Å². The van der Waals surface area contributed by atoms with Gasteiger partial charge in [-0.15, -0.1) is 0 Å². The van der Waals surface area contributed by atoms with Crippen molar-refractivity contribution >= 4 is 45.1 Å². The van der Waals surface area contributed by atoms with E-state index < -0.39 is 5.97 Å². The van der Waals surface area contributed by atoms with E-state index in [0.717, 1.165) is 0 Å². The number of aromatic carboxylic acids is 1. The summed E-state index contributed by atoms with van der Waals surface area (Å²) >= 11 is 9.17. The second-order valence-corrected chi connectivity index (χ2v) is 5.20. The van der Waals surface area contributed by atoms with Crippen LogP contribution < -0.4 is 5.32 Å². The van der Waals surface area contributed by atoms with Crippen LogP contribution in [0.15, 0.2) is 46.9 Å². The van der Waals surface area contributed by atoms with E-state index in [2.05, 4.69) is 21.2 Å². The first kappa shape index (κ1) is 14.6. The van der Waals surface area contributed by atoms with Gasteiger partial charge in [0.2, 0.25) is 0 Å². The van der Waals surface area contributed by atoms with Crippen molar-refractivity contribution in [2.24, 2.45) is 0 Å². The minimum atomic E-state index is -1.03. The Morgan fingerprint density at radius 3 is 2.45 bits per heavy atom. The summed E-state index contributed by atoms with van der Waals surface area (Å²) in [6.45, 7) is 0. The minimum Gasteiger partial charge on any atom is -0.478 e. The first-order valence-corrected chi connectivity index (χ1v) is 6.75. The van der Waals surface area contributed by atoms with Gasteiger partial charge < -0.3 is 10.4 Å². The molecule has 0 fully saturated rings. The molecule has 2 rings (SSSR count). The van der Waals surface area contributed by atoms with Crippen LogP contribution in [0.2, 0.25) is 5.02 Å². The second-order valence-electron chi connectivity index (χ2n) is 3.93. The van der Waals surface area contributed by atoms with E-state index in [9.17, 15) is 9.59 Å². The zero-order valence-electron chi connectivity index (χ0n) is 10.1. The summed E-state index contributed by atoms with van der Waals surface area (Å²) in [6, 6.07) is 11.0. The third-order valence-electron chi connectivity index (χ3n) is 2.58. The predicted octanol–water partition coefficient (Wildman–Crippen LogP) is 4.05. The fraction of sp³-hybridized carbons (Fsp3) is 0. The van der Waals surface area contributed by atoms with Gasteiger partial charge in [0.05, 0.1) is 21.8 Å². The number of carbonyl (C=O) groups is 2. The third kappa shape index (κ3) is 3.18. The monoisotopic (exact) mass is 353 g/mol. The van der Waals surface area contributed by atoms with Crippen molar-refractivity contribution in [3.05, 3.63) is 63.1 Å². The van der Waals surface area contributed by atoms with Gasteiger partial charge in [-0.05, 0) is 46.3 Å². The molecule has 2 N–H and O–H groups in total. The minimum absolute atomic E-state index is 0.132. The number of hydrogen-bond acceptors (Lipinski definition) is 2. The number of carboxylic acids is 1. The summed E-state index contributed by atoms with van der Waals surface area (Å²) in [5, 5.41) is 11.9. The predicted molar refractivity (Wildman–Crippen MR) is 80.5 cm³/mol. The third-order valence-corrected chi connectivity index (χ3v) is 3.57. The van der Waals surface area contributed by atoms with Crippen LogP contribution in [0.4, 0.5) is 5.69 Å². The molecule has 4 nitrogen and oxygen atoms in total. The Bertz CT molecular complexity index is 688. The summed E-state index contributed by atoms with van der Waals surface area (Å²) < 4.78 is 0.484. The number of carboxylic acid groups (broad SMARTS) is 1. The number of benzene rings is 2. The average Bonchev–Trinajstić information content (AvgIpc) is 2.41. The maximum atomic E-state index is 12.1. The van der Waals surface area contributed by atoms with Crippen LogP contribution in [0.3, 0.4) is 0 Å². The van der Waals surface area contributed by atoms with Gasteiger partial charge in [-0.3, -0.25) is 4.79 Å². The van der Waals surface area contributed by atoms with Crippen molar-refractivity contribution in [2.75, 3.05) is 5.32 Å². The highest BCUT2D eigenvalue weighted by atomic mass is 79.9. The zero-order chi connectivity index (χ0) is 14.7. The fourth-order valence-electron chi connectivity index (χ4n) is 1.58. The summed E-state index contributed by atoms with van der Waals surface area (Å²) in [7, 11) is 0. The average molecular weight is 355 g/mol. The molecule has 0 aromatic heterocycles. The molecule has 0 saturated heterocycles. The van der Waals surface area contributed by atoms with E-state index in [1.165, 1.54) is 18.2 Å². The molecule has 20 heavy (non-hydrogen) atoms. The van der Waals surface area contributed by atoms with Gasteiger partial charge >= 0.3 is 5.97 Å². The Kier molecular flexibility index (Phi) is 4.42. The molecule has 0 saturated carbocycles. The maximum absolute atomic E-state index is 12.1. The van der Waals surface area contributed by atoms with Gasteiger partial charge in [0, 0.05) is 4.47 Å². The Balaban J connectivity index is 2.25. The number of nitrogens with one attached hydrogen (secondary N) is 1. The van der Waals surface area contributed by atoms with Crippen molar-refractivity contribution in [3.63, 3.8) is 0 Å². The molecule has 6 heteroatoms. The second kappa shape index (κ2) is 6.07. The lowest BCUT2D eigenvalue weighted by atomic mass is 10.2. The molecular formula is C14H9BrClNO3. The van der Waals surface area contributed by atoms with Crippen LogP contribution in [-0.2, 0) is 0 Å². The van der Waals surface area contributed by atoms with Crippen molar-refractivity contribution in [1.82, 2.24) is 0 Å². The zero-order valence-corrected chi connectivity index (χ0v) is 12.4. The number of halogens is 2. The molecule has 1 amide bonds. The Labute approximate surface area is 128 Å². The molecule has 0 aliphatic carbocycles. The summed E-state index contributed by atoms with van der Waals surface area (Å²) in [6.07, 6.45) is 0. The van der Waals surface area contributed by atoms with Gasteiger partial charge in [0.25, 0.3) is 5.91 Å². The van der Waals surface area contributed by atoms with Crippen LogP contribution in [0, 0.1) is 0 Å². The van der Waals surface area contributed by atoms with Crippen molar-refractivity contribution in [2.45, 2.75) is 0 Å².